The van der Waals surface area contributed by atoms with Gasteiger partial charge in [0.25, 0.3) is 5.91 Å². The number of esters is 1. The van der Waals surface area contributed by atoms with Gasteiger partial charge < -0.3 is 14.5 Å². The van der Waals surface area contributed by atoms with E-state index in [0.29, 0.717) is 25.2 Å². The van der Waals surface area contributed by atoms with Crippen LogP contribution in [0.15, 0.2) is 54.6 Å². The van der Waals surface area contributed by atoms with E-state index in [1.165, 1.54) is 5.56 Å². The Labute approximate surface area is 199 Å². The van der Waals surface area contributed by atoms with Crippen molar-refractivity contribution in [2.75, 3.05) is 46.4 Å². The zero-order valence-corrected chi connectivity index (χ0v) is 19.6. The van der Waals surface area contributed by atoms with E-state index in [4.69, 9.17) is 9.72 Å². The van der Waals surface area contributed by atoms with Gasteiger partial charge in [-0.2, -0.15) is 0 Å². The van der Waals surface area contributed by atoms with Gasteiger partial charge in [-0.3, -0.25) is 14.7 Å². The van der Waals surface area contributed by atoms with Crippen LogP contribution in [0.3, 0.4) is 0 Å². The molecule has 0 spiro atoms. The molecule has 0 unspecified atom stereocenters. The van der Waals surface area contributed by atoms with Gasteiger partial charge in [0, 0.05) is 68.9 Å². The van der Waals surface area contributed by atoms with Crippen molar-refractivity contribution in [1.82, 2.24) is 19.7 Å². The Balaban J connectivity index is 1.23. The monoisotopic (exact) mass is 458 g/mol. The standard InChI is InChI=1S/C27H30N4O3/c1-29-12-11-24-22(18-29)26(21-9-5-6-10-23(21)28-24)27(33)34-19-25(32)31-15-13-30(14-16-31)17-20-7-3-2-4-8-20/h2-10H,11-19H2,1H3. The molecule has 1 fully saturated rings. The zero-order chi connectivity index (χ0) is 23.5. The third-order valence-corrected chi connectivity index (χ3v) is 6.74. The highest BCUT2D eigenvalue weighted by molar-refractivity contribution is 6.05. The Morgan fingerprint density at radius 1 is 0.941 bits per heavy atom. The largest absolute Gasteiger partial charge is 0.452 e. The molecular formula is C27H30N4O3. The van der Waals surface area contributed by atoms with Crippen molar-refractivity contribution in [1.29, 1.82) is 0 Å². The first-order valence-electron chi connectivity index (χ1n) is 11.9. The van der Waals surface area contributed by atoms with E-state index < -0.39 is 5.97 Å². The van der Waals surface area contributed by atoms with Crippen LogP contribution in [0.2, 0.25) is 0 Å². The summed E-state index contributed by atoms with van der Waals surface area (Å²) in [6, 6.07) is 18.0. The van der Waals surface area contributed by atoms with Crippen molar-refractivity contribution in [2.24, 2.45) is 0 Å². The van der Waals surface area contributed by atoms with E-state index in [1.807, 2.05) is 49.5 Å². The lowest BCUT2D eigenvalue weighted by Gasteiger charge is -2.34. The summed E-state index contributed by atoms with van der Waals surface area (Å²) in [7, 11) is 2.04. The van der Waals surface area contributed by atoms with Crippen LogP contribution >= 0.6 is 0 Å². The van der Waals surface area contributed by atoms with Crippen molar-refractivity contribution < 1.29 is 14.3 Å². The summed E-state index contributed by atoms with van der Waals surface area (Å²) in [5.41, 5.74) is 4.48. The summed E-state index contributed by atoms with van der Waals surface area (Å²) < 4.78 is 5.58. The average molecular weight is 459 g/mol. The number of hydrogen-bond acceptors (Lipinski definition) is 6. The molecule has 1 amide bonds. The number of nitrogens with zero attached hydrogens (tertiary/aromatic N) is 4. The summed E-state index contributed by atoms with van der Waals surface area (Å²) >= 11 is 0. The second-order valence-electron chi connectivity index (χ2n) is 9.14. The molecule has 5 rings (SSSR count). The number of benzene rings is 2. The Kier molecular flexibility index (Phi) is 6.56. The van der Waals surface area contributed by atoms with Crippen LogP contribution in [0, 0.1) is 0 Å². The minimum atomic E-state index is -0.443. The first kappa shape index (κ1) is 22.5. The smallest absolute Gasteiger partial charge is 0.339 e. The first-order valence-corrected chi connectivity index (χ1v) is 11.9. The molecule has 2 aromatic carbocycles. The van der Waals surface area contributed by atoms with E-state index in [0.717, 1.165) is 54.8 Å². The maximum absolute atomic E-state index is 13.2. The van der Waals surface area contributed by atoms with Crippen LogP contribution in [0.25, 0.3) is 10.9 Å². The number of hydrogen-bond donors (Lipinski definition) is 0. The van der Waals surface area contributed by atoms with E-state index >= 15 is 0 Å². The van der Waals surface area contributed by atoms with E-state index in [9.17, 15) is 9.59 Å². The van der Waals surface area contributed by atoms with Gasteiger partial charge in [0.1, 0.15) is 0 Å². The van der Waals surface area contributed by atoms with E-state index in [2.05, 4.69) is 21.9 Å². The number of aromatic nitrogens is 1. The van der Waals surface area contributed by atoms with Gasteiger partial charge in [-0.15, -0.1) is 0 Å². The van der Waals surface area contributed by atoms with Gasteiger partial charge in [-0.25, -0.2) is 4.79 Å². The fourth-order valence-corrected chi connectivity index (χ4v) is 4.85. The molecule has 34 heavy (non-hydrogen) atoms. The number of fused-ring (bicyclic) bond motifs is 2. The van der Waals surface area contributed by atoms with Crippen LogP contribution in [0.1, 0.15) is 27.2 Å². The number of ether oxygens (including phenoxy) is 1. The SMILES string of the molecule is CN1CCc2nc3ccccc3c(C(=O)OCC(=O)N3CCN(Cc4ccccc4)CC3)c2C1. The minimum Gasteiger partial charge on any atom is -0.452 e. The summed E-state index contributed by atoms with van der Waals surface area (Å²) in [4.78, 5) is 37.1. The summed E-state index contributed by atoms with van der Waals surface area (Å²) in [6.07, 6.45) is 0.795. The molecule has 2 aliphatic rings. The molecule has 7 nitrogen and oxygen atoms in total. The van der Waals surface area contributed by atoms with Gasteiger partial charge in [0.15, 0.2) is 6.61 Å². The zero-order valence-electron chi connectivity index (χ0n) is 19.6. The van der Waals surface area contributed by atoms with Gasteiger partial charge in [-0.1, -0.05) is 48.5 Å². The molecule has 0 atom stereocenters. The second kappa shape index (κ2) is 9.91. The average Bonchev–Trinajstić information content (AvgIpc) is 2.87. The molecule has 3 aromatic rings. The molecule has 3 heterocycles. The molecule has 7 heteroatoms. The van der Waals surface area contributed by atoms with Crippen molar-refractivity contribution in [3.05, 3.63) is 77.0 Å². The third kappa shape index (κ3) is 4.81. The van der Waals surface area contributed by atoms with Crippen molar-refractivity contribution >= 4 is 22.8 Å². The summed E-state index contributed by atoms with van der Waals surface area (Å²) in [5, 5.41) is 0.781. The quantitative estimate of drug-likeness (QED) is 0.548. The molecule has 0 saturated carbocycles. The van der Waals surface area contributed by atoms with E-state index in [1.54, 1.807) is 4.90 Å². The maximum atomic E-state index is 13.2. The first-order chi connectivity index (χ1) is 16.6. The van der Waals surface area contributed by atoms with Gasteiger partial charge in [-0.05, 0) is 18.7 Å². The predicted molar refractivity (Wildman–Crippen MR) is 130 cm³/mol. The van der Waals surface area contributed by atoms with Crippen molar-refractivity contribution in [3.63, 3.8) is 0 Å². The van der Waals surface area contributed by atoms with Gasteiger partial charge in [0.2, 0.25) is 0 Å². The number of piperazine rings is 1. The predicted octanol–water partition coefficient (Wildman–Crippen LogP) is 2.72. The Hall–Kier alpha value is -3.29. The molecule has 0 bridgehead atoms. The highest BCUT2D eigenvalue weighted by atomic mass is 16.5. The second-order valence-corrected chi connectivity index (χ2v) is 9.14. The molecule has 1 saturated heterocycles. The maximum Gasteiger partial charge on any atom is 0.339 e. The topological polar surface area (TPSA) is 66.0 Å². The lowest BCUT2D eigenvalue weighted by atomic mass is 9.96. The normalized spacial score (nSPS) is 16.9. The number of carbonyl (C=O) groups is 2. The van der Waals surface area contributed by atoms with Gasteiger partial charge in [0.05, 0.1) is 11.1 Å². The highest BCUT2D eigenvalue weighted by Crippen LogP contribution is 2.28. The fourth-order valence-electron chi connectivity index (χ4n) is 4.85. The number of pyridine rings is 1. The number of likely N-dealkylation sites (N-methyl/N-ethyl adjacent to an activating group) is 1. The molecule has 2 aliphatic heterocycles. The molecule has 1 aromatic heterocycles. The molecule has 176 valence electrons. The van der Waals surface area contributed by atoms with Crippen molar-refractivity contribution in [2.45, 2.75) is 19.5 Å². The molecule has 0 aliphatic carbocycles. The number of carbonyl (C=O) groups excluding carboxylic acids is 2. The molecule has 0 N–H and O–H groups in total. The minimum absolute atomic E-state index is 0.142. The van der Waals surface area contributed by atoms with Crippen LogP contribution in [-0.4, -0.2) is 77.9 Å². The fraction of sp³-hybridized carbons (Fsp3) is 0.370. The highest BCUT2D eigenvalue weighted by Gasteiger charge is 2.27. The lowest BCUT2D eigenvalue weighted by molar-refractivity contribution is -0.136. The Morgan fingerprint density at radius 2 is 1.68 bits per heavy atom. The van der Waals surface area contributed by atoms with Crippen molar-refractivity contribution in [3.8, 4) is 0 Å². The van der Waals surface area contributed by atoms with E-state index in [-0.39, 0.29) is 12.5 Å². The summed E-state index contributed by atoms with van der Waals surface area (Å²) in [5.74, 6) is -0.585. The lowest BCUT2D eigenvalue weighted by Crippen LogP contribution is -2.49. The Morgan fingerprint density at radius 3 is 2.47 bits per heavy atom. The van der Waals surface area contributed by atoms with Crippen LogP contribution < -0.4 is 0 Å². The van der Waals surface area contributed by atoms with Crippen LogP contribution in [0.5, 0.6) is 0 Å². The third-order valence-electron chi connectivity index (χ3n) is 6.74. The molecule has 0 radical (unpaired) electrons. The number of para-hydroxylation sites is 1. The van der Waals surface area contributed by atoms with Crippen LogP contribution in [-0.2, 0) is 29.0 Å². The summed E-state index contributed by atoms with van der Waals surface area (Å²) in [6.45, 7) is 5.10. The Bertz CT molecular complexity index is 1190. The number of rotatable bonds is 5. The molecular weight excluding hydrogens is 428 g/mol. The number of amides is 1. The van der Waals surface area contributed by atoms with Crippen LogP contribution in [0.4, 0.5) is 0 Å². The van der Waals surface area contributed by atoms with Gasteiger partial charge >= 0.3 is 5.97 Å².